The molecule has 0 aromatic heterocycles. The first-order valence-electron chi connectivity index (χ1n) is 8.39. The summed E-state index contributed by atoms with van der Waals surface area (Å²) in [5, 5.41) is 3.57. The standard InChI is InChI=1S/C20H24N2O2/c1-24-20(23)19-12-18(21-13-16-8-4-2-5-9-16)15-22(19)14-17-10-6-3-7-11-17/h2-11,18-19,21H,12-15H2,1H3. The van der Waals surface area contributed by atoms with Gasteiger partial charge in [-0.2, -0.15) is 0 Å². The normalized spacial score (nSPS) is 20.9. The molecule has 1 aliphatic rings. The van der Waals surface area contributed by atoms with Gasteiger partial charge in [-0.1, -0.05) is 60.7 Å². The minimum Gasteiger partial charge on any atom is -0.468 e. The lowest BCUT2D eigenvalue weighted by atomic mass is 10.1. The number of benzene rings is 2. The van der Waals surface area contributed by atoms with Crippen LogP contribution in [0.2, 0.25) is 0 Å². The van der Waals surface area contributed by atoms with Crippen LogP contribution in [-0.2, 0) is 22.6 Å². The fourth-order valence-electron chi connectivity index (χ4n) is 3.28. The maximum Gasteiger partial charge on any atom is 0.323 e. The molecule has 0 spiro atoms. The van der Waals surface area contributed by atoms with Crippen molar-refractivity contribution in [3.63, 3.8) is 0 Å². The number of ether oxygens (including phenoxy) is 1. The van der Waals surface area contributed by atoms with Crippen LogP contribution in [0.5, 0.6) is 0 Å². The fourth-order valence-corrected chi connectivity index (χ4v) is 3.28. The highest BCUT2D eigenvalue weighted by Crippen LogP contribution is 2.22. The average molecular weight is 324 g/mol. The molecule has 24 heavy (non-hydrogen) atoms. The van der Waals surface area contributed by atoms with Gasteiger partial charge in [0.05, 0.1) is 7.11 Å². The minimum atomic E-state index is -0.177. The van der Waals surface area contributed by atoms with E-state index < -0.39 is 0 Å². The van der Waals surface area contributed by atoms with E-state index in [4.69, 9.17) is 4.74 Å². The number of carbonyl (C=O) groups is 1. The van der Waals surface area contributed by atoms with Crippen LogP contribution in [0.3, 0.4) is 0 Å². The summed E-state index contributed by atoms with van der Waals surface area (Å²) in [6.07, 6.45) is 0.784. The van der Waals surface area contributed by atoms with Crippen LogP contribution >= 0.6 is 0 Å². The van der Waals surface area contributed by atoms with Crippen molar-refractivity contribution >= 4 is 5.97 Å². The summed E-state index contributed by atoms with van der Waals surface area (Å²) in [6.45, 7) is 2.43. The quantitative estimate of drug-likeness (QED) is 0.829. The van der Waals surface area contributed by atoms with Gasteiger partial charge in [0, 0.05) is 25.7 Å². The fraction of sp³-hybridized carbons (Fsp3) is 0.350. The molecular weight excluding hydrogens is 300 g/mol. The third kappa shape index (κ3) is 4.22. The lowest BCUT2D eigenvalue weighted by molar-refractivity contribution is -0.146. The third-order valence-electron chi connectivity index (χ3n) is 4.54. The van der Waals surface area contributed by atoms with Crippen molar-refractivity contribution in [1.29, 1.82) is 0 Å². The van der Waals surface area contributed by atoms with Crippen molar-refractivity contribution in [3.05, 3.63) is 71.8 Å². The largest absolute Gasteiger partial charge is 0.468 e. The molecular formula is C20H24N2O2. The molecule has 2 aromatic rings. The van der Waals surface area contributed by atoms with Gasteiger partial charge >= 0.3 is 5.97 Å². The Balaban J connectivity index is 1.62. The van der Waals surface area contributed by atoms with E-state index in [9.17, 15) is 4.79 Å². The molecule has 1 heterocycles. The predicted octanol–water partition coefficient (Wildman–Crippen LogP) is 2.59. The Hall–Kier alpha value is -2.17. The highest BCUT2D eigenvalue weighted by molar-refractivity contribution is 5.76. The smallest absolute Gasteiger partial charge is 0.323 e. The van der Waals surface area contributed by atoms with Crippen LogP contribution in [0.15, 0.2) is 60.7 Å². The molecule has 1 saturated heterocycles. The number of rotatable bonds is 6. The zero-order valence-corrected chi connectivity index (χ0v) is 14.0. The van der Waals surface area contributed by atoms with E-state index in [-0.39, 0.29) is 18.1 Å². The number of carbonyl (C=O) groups excluding carboxylic acids is 1. The Kier molecular flexibility index (Phi) is 5.62. The number of hydrogen-bond acceptors (Lipinski definition) is 4. The third-order valence-corrected chi connectivity index (χ3v) is 4.54. The lowest BCUT2D eigenvalue weighted by Crippen LogP contribution is -2.36. The van der Waals surface area contributed by atoms with Gasteiger partial charge in [-0.15, -0.1) is 0 Å². The van der Waals surface area contributed by atoms with E-state index in [0.29, 0.717) is 0 Å². The van der Waals surface area contributed by atoms with Gasteiger partial charge in [-0.3, -0.25) is 9.69 Å². The lowest BCUT2D eigenvalue weighted by Gasteiger charge is -2.22. The second-order valence-electron chi connectivity index (χ2n) is 6.25. The first-order valence-corrected chi connectivity index (χ1v) is 8.39. The summed E-state index contributed by atoms with van der Waals surface area (Å²) in [4.78, 5) is 14.4. The van der Waals surface area contributed by atoms with Gasteiger partial charge in [0.15, 0.2) is 0 Å². The zero-order valence-electron chi connectivity index (χ0n) is 14.0. The molecule has 1 fully saturated rings. The van der Waals surface area contributed by atoms with Crippen molar-refractivity contribution in [2.45, 2.75) is 31.6 Å². The first kappa shape index (κ1) is 16.7. The Bertz CT molecular complexity index is 645. The number of esters is 1. The molecule has 4 nitrogen and oxygen atoms in total. The number of methoxy groups -OCH3 is 1. The Labute approximate surface area is 143 Å². The molecule has 0 radical (unpaired) electrons. The van der Waals surface area contributed by atoms with Crippen molar-refractivity contribution in [1.82, 2.24) is 10.2 Å². The van der Waals surface area contributed by atoms with E-state index in [0.717, 1.165) is 26.1 Å². The van der Waals surface area contributed by atoms with Gasteiger partial charge < -0.3 is 10.1 Å². The van der Waals surface area contributed by atoms with Crippen LogP contribution in [0.1, 0.15) is 17.5 Å². The molecule has 2 atom stereocenters. The summed E-state index contributed by atoms with van der Waals surface area (Å²) < 4.78 is 5.00. The molecule has 4 heteroatoms. The van der Waals surface area contributed by atoms with Gasteiger partial charge in [0.2, 0.25) is 0 Å². The number of nitrogens with zero attached hydrogens (tertiary/aromatic N) is 1. The molecule has 2 aromatic carbocycles. The SMILES string of the molecule is COC(=O)C1CC(NCc2ccccc2)CN1Cc1ccccc1. The summed E-state index contributed by atoms with van der Waals surface area (Å²) >= 11 is 0. The van der Waals surface area contributed by atoms with Crippen molar-refractivity contribution in [2.24, 2.45) is 0 Å². The second-order valence-corrected chi connectivity index (χ2v) is 6.25. The van der Waals surface area contributed by atoms with Gasteiger partial charge in [0.1, 0.15) is 6.04 Å². The number of hydrogen-bond donors (Lipinski definition) is 1. The van der Waals surface area contributed by atoms with E-state index in [1.807, 2.05) is 36.4 Å². The second kappa shape index (κ2) is 8.08. The monoisotopic (exact) mass is 324 g/mol. The highest BCUT2D eigenvalue weighted by Gasteiger charge is 2.37. The zero-order chi connectivity index (χ0) is 16.8. The molecule has 0 bridgehead atoms. The Morgan fingerprint density at radius 2 is 1.71 bits per heavy atom. The topological polar surface area (TPSA) is 41.6 Å². The molecule has 0 amide bonds. The maximum absolute atomic E-state index is 12.1. The van der Waals surface area contributed by atoms with Gasteiger partial charge in [-0.25, -0.2) is 0 Å². The Morgan fingerprint density at radius 1 is 1.08 bits per heavy atom. The van der Waals surface area contributed by atoms with E-state index in [2.05, 4.69) is 34.5 Å². The number of nitrogens with one attached hydrogen (secondary N) is 1. The molecule has 1 aliphatic heterocycles. The van der Waals surface area contributed by atoms with Crippen molar-refractivity contribution in [3.8, 4) is 0 Å². The molecule has 0 saturated carbocycles. The Morgan fingerprint density at radius 3 is 2.33 bits per heavy atom. The molecule has 3 rings (SSSR count). The van der Waals surface area contributed by atoms with E-state index in [1.54, 1.807) is 0 Å². The number of likely N-dealkylation sites (tertiary alicyclic amines) is 1. The molecule has 2 unspecified atom stereocenters. The van der Waals surface area contributed by atoms with E-state index >= 15 is 0 Å². The van der Waals surface area contributed by atoms with E-state index in [1.165, 1.54) is 18.2 Å². The summed E-state index contributed by atoms with van der Waals surface area (Å²) in [6, 6.07) is 20.7. The summed E-state index contributed by atoms with van der Waals surface area (Å²) in [5.41, 5.74) is 2.48. The van der Waals surface area contributed by atoms with Gasteiger partial charge in [0.25, 0.3) is 0 Å². The van der Waals surface area contributed by atoms with Crippen LogP contribution in [0.25, 0.3) is 0 Å². The molecule has 0 aliphatic carbocycles. The first-order chi connectivity index (χ1) is 11.8. The van der Waals surface area contributed by atoms with Crippen LogP contribution in [0.4, 0.5) is 0 Å². The summed E-state index contributed by atoms with van der Waals surface area (Å²) in [5.74, 6) is -0.144. The van der Waals surface area contributed by atoms with Crippen LogP contribution in [-0.4, -0.2) is 36.6 Å². The minimum absolute atomic E-state index is 0.144. The summed E-state index contributed by atoms with van der Waals surface area (Å²) in [7, 11) is 1.47. The van der Waals surface area contributed by atoms with Crippen LogP contribution in [0, 0.1) is 0 Å². The maximum atomic E-state index is 12.1. The van der Waals surface area contributed by atoms with Crippen molar-refractivity contribution < 1.29 is 9.53 Å². The predicted molar refractivity (Wildman–Crippen MR) is 94.3 cm³/mol. The average Bonchev–Trinajstić information content (AvgIpc) is 3.04. The molecule has 126 valence electrons. The highest BCUT2D eigenvalue weighted by atomic mass is 16.5. The van der Waals surface area contributed by atoms with Crippen molar-refractivity contribution in [2.75, 3.05) is 13.7 Å². The molecule has 1 N–H and O–H groups in total. The van der Waals surface area contributed by atoms with Gasteiger partial charge in [-0.05, 0) is 17.5 Å². The van der Waals surface area contributed by atoms with Crippen LogP contribution < -0.4 is 5.32 Å².